The Morgan fingerprint density at radius 2 is 2.08 bits per heavy atom. The van der Waals surface area contributed by atoms with Crippen LogP contribution in [0.2, 0.25) is 0 Å². The van der Waals surface area contributed by atoms with Gasteiger partial charge in [0.2, 0.25) is 0 Å². The third kappa shape index (κ3) is 4.90. The number of pyridine rings is 1. The molecular formula is C18H27FN2O3. The molecule has 0 aromatic carbocycles. The molecule has 0 amide bonds. The van der Waals surface area contributed by atoms with Gasteiger partial charge in [0.15, 0.2) is 0 Å². The number of carbonyl (C=O) groups is 1. The number of esters is 1. The average molecular weight is 338 g/mol. The normalized spacial score (nSPS) is 16.9. The minimum atomic E-state index is -0.710. The minimum Gasteiger partial charge on any atom is -0.464 e. The van der Waals surface area contributed by atoms with Crippen molar-refractivity contribution in [3.8, 4) is 0 Å². The van der Waals surface area contributed by atoms with Crippen LogP contribution in [0.25, 0.3) is 0 Å². The molecule has 2 rings (SSSR count). The van der Waals surface area contributed by atoms with Crippen LogP contribution in [0.1, 0.15) is 38.8 Å². The van der Waals surface area contributed by atoms with Crippen LogP contribution in [0.4, 0.5) is 4.39 Å². The Balaban J connectivity index is 2.14. The second-order valence-electron chi connectivity index (χ2n) is 6.79. The third-order valence-corrected chi connectivity index (χ3v) is 4.22. The Bertz CT molecular complexity index is 609. The average Bonchev–Trinajstić information content (AvgIpc) is 2.49. The van der Waals surface area contributed by atoms with Crippen molar-refractivity contribution in [2.45, 2.75) is 45.8 Å². The number of hydrogen-bond donors (Lipinski definition) is 0. The van der Waals surface area contributed by atoms with Crippen LogP contribution in [0.3, 0.4) is 0 Å². The van der Waals surface area contributed by atoms with E-state index in [4.69, 9.17) is 4.74 Å². The number of halogens is 1. The highest BCUT2D eigenvalue weighted by atomic mass is 19.1. The summed E-state index contributed by atoms with van der Waals surface area (Å²) in [6, 6.07) is 2.68. The minimum absolute atomic E-state index is 0.203. The van der Waals surface area contributed by atoms with Crippen molar-refractivity contribution in [1.82, 2.24) is 9.47 Å². The van der Waals surface area contributed by atoms with Gasteiger partial charge in [0.25, 0.3) is 5.56 Å². The predicted molar refractivity (Wildman–Crippen MR) is 90.9 cm³/mol. The van der Waals surface area contributed by atoms with E-state index in [1.807, 2.05) is 18.7 Å². The lowest BCUT2D eigenvalue weighted by Gasteiger charge is -2.34. The molecule has 0 saturated carbocycles. The highest BCUT2D eigenvalue weighted by molar-refractivity contribution is 5.74. The van der Waals surface area contributed by atoms with E-state index < -0.39 is 12.2 Å². The van der Waals surface area contributed by atoms with Crippen molar-refractivity contribution in [3.05, 3.63) is 34.2 Å². The van der Waals surface area contributed by atoms with Gasteiger partial charge in [-0.15, -0.1) is 0 Å². The Morgan fingerprint density at radius 3 is 2.67 bits per heavy atom. The molecule has 24 heavy (non-hydrogen) atoms. The SMILES string of the molecule is CCOC(=O)C(CC(C)C)n1cc(CCN2CC(F)C2)ccc1=O. The molecule has 5 nitrogen and oxygen atoms in total. The molecule has 134 valence electrons. The molecule has 0 aliphatic carbocycles. The number of rotatable bonds is 8. The number of carbonyl (C=O) groups excluding carboxylic acids is 1. The molecule has 0 N–H and O–H groups in total. The molecule has 1 saturated heterocycles. The second kappa shape index (κ2) is 8.42. The highest BCUT2D eigenvalue weighted by Crippen LogP contribution is 2.19. The maximum Gasteiger partial charge on any atom is 0.329 e. The van der Waals surface area contributed by atoms with Gasteiger partial charge < -0.3 is 9.30 Å². The van der Waals surface area contributed by atoms with Crippen LogP contribution >= 0.6 is 0 Å². The lowest BCUT2D eigenvalue weighted by molar-refractivity contribution is -0.147. The standard InChI is InChI=1S/C18H27FN2O3/c1-4-24-18(23)16(9-13(2)3)21-10-14(5-6-17(21)22)7-8-20-11-15(19)12-20/h5-6,10,13,15-16H,4,7-9,11-12H2,1-3H3. The molecule has 1 unspecified atom stereocenters. The third-order valence-electron chi connectivity index (χ3n) is 4.22. The summed E-state index contributed by atoms with van der Waals surface area (Å²) in [6.45, 7) is 7.80. The molecular weight excluding hydrogens is 311 g/mol. The van der Waals surface area contributed by atoms with Crippen molar-refractivity contribution in [2.75, 3.05) is 26.2 Å². The zero-order valence-electron chi connectivity index (χ0n) is 14.7. The molecule has 0 spiro atoms. The van der Waals surface area contributed by atoms with E-state index in [2.05, 4.69) is 0 Å². The van der Waals surface area contributed by atoms with Gasteiger partial charge in [-0.25, -0.2) is 9.18 Å². The molecule has 0 radical (unpaired) electrons. The summed E-state index contributed by atoms with van der Waals surface area (Å²) in [5.74, 6) is -0.106. The summed E-state index contributed by atoms with van der Waals surface area (Å²) < 4.78 is 19.5. The largest absolute Gasteiger partial charge is 0.464 e. The summed E-state index contributed by atoms with van der Waals surface area (Å²) >= 11 is 0. The van der Waals surface area contributed by atoms with Gasteiger partial charge in [0.05, 0.1) is 6.61 Å². The molecule has 0 bridgehead atoms. The topological polar surface area (TPSA) is 51.5 Å². The van der Waals surface area contributed by atoms with Gasteiger partial charge in [-0.05, 0) is 31.2 Å². The first-order valence-electron chi connectivity index (χ1n) is 8.64. The van der Waals surface area contributed by atoms with Crippen LogP contribution in [0.15, 0.2) is 23.1 Å². The van der Waals surface area contributed by atoms with E-state index in [9.17, 15) is 14.0 Å². The molecule has 1 aromatic rings. The van der Waals surface area contributed by atoms with E-state index in [1.165, 1.54) is 10.6 Å². The van der Waals surface area contributed by atoms with Crippen LogP contribution in [-0.4, -0.2) is 47.8 Å². The zero-order valence-corrected chi connectivity index (χ0v) is 14.7. The van der Waals surface area contributed by atoms with Crippen LogP contribution in [0.5, 0.6) is 0 Å². The fourth-order valence-electron chi connectivity index (χ4n) is 2.93. The van der Waals surface area contributed by atoms with Gasteiger partial charge in [0.1, 0.15) is 12.2 Å². The first kappa shape index (κ1) is 18.6. The summed E-state index contributed by atoms with van der Waals surface area (Å²) in [5.41, 5.74) is 0.764. The highest BCUT2D eigenvalue weighted by Gasteiger charge is 2.26. The summed E-state index contributed by atoms with van der Waals surface area (Å²) in [4.78, 5) is 26.6. The number of alkyl halides is 1. The van der Waals surface area contributed by atoms with Crippen LogP contribution < -0.4 is 5.56 Å². The Morgan fingerprint density at radius 1 is 1.38 bits per heavy atom. The van der Waals surface area contributed by atoms with Crippen molar-refractivity contribution >= 4 is 5.97 Å². The van der Waals surface area contributed by atoms with Crippen molar-refractivity contribution < 1.29 is 13.9 Å². The van der Waals surface area contributed by atoms with Gasteiger partial charge in [-0.3, -0.25) is 9.69 Å². The number of ether oxygens (including phenoxy) is 1. The summed E-state index contributed by atoms with van der Waals surface area (Å²) in [5, 5.41) is 0. The van der Waals surface area contributed by atoms with Crippen molar-refractivity contribution in [1.29, 1.82) is 0 Å². The van der Waals surface area contributed by atoms with Gasteiger partial charge in [-0.1, -0.05) is 19.9 Å². The van der Waals surface area contributed by atoms with Crippen molar-refractivity contribution in [2.24, 2.45) is 5.92 Å². The molecule has 1 aliphatic rings. The Labute approximate surface area is 142 Å². The first-order chi connectivity index (χ1) is 11.4. The van der Waals surface area contributed by atoms with Crippen molar-refractivity contribution in [3.63, 3.8) is 0 Å². The lowest BCUT2D eigenvalue weighted by Crippen LogP contribution is -2.48. The zero-order chi connectivity index (χ0) is 17.7. The Hall–Kier alpha value is -1.69. The second-order valence-corrected chi connectivity index (χ2v) is 6.79. The molecule has 1 fully saturated rings. The van der Waals surface area contributed by atoms with Gasteiger partial charge in [0, 0.05) is 31.9 Å². The smallest absolute Gasteiger partial charge is 0.329 e. The number of hydrogen-bond acceptors (Lipinski definition) is 4. The molecule has 6 heteroatoms. The van der Waals surface area contributed by atoms with Crippen LogP contribution in [-0.2, 0) is 16.0 Å². The van der Waals surface area contributed by atoms with E-state index in [0.29, 0.717) is 26.1 Å². The summed E-state index contributed by atoms with van der Waals surface area (Å²) in [6.07, 6.45) is 2.32. The molecule has 2 heterocycles. The van der Waals surface area contributed by atoms with E-state index in [1.54, 1.807) is 19.2 Å². The first-order valence-corrected chi connectivity index (χ1v) is 8.64. The van der Waals surface area contributed by atoms with E-state index in [0.717, 1.165) is 18.5 Å². The summed E-state index contributed by atoms with van der Waals surface area (Å²) in [7, 11) is 0. The van der Waals surface area contributed by atoms with E-state index >= 15 is 0 Å². The number of aromatic nitrogens is 1. The van der Waals surface area contributed by atoms with E-state index in [-0.39, 0.29) is 17.4 Å². The monoisotopic (exact) mass is 338 g/mol. The van der Waals surface area contributed by atoms with Gasteiger partial charge >= 0.3 is 5.97 Å². The maximum absolute atomic E-state index is 12.9. The predicted octanol–water partition coefficient (Wildman–Crippen LogP) is 2.19. The molecule has 1 aliphatic heterocycles. The fraction of sp³-hybridized carbons (Fsp3) is 0.667. The Kier molecular flexibility index (Phi) is 6.54. The number of nitrogens with zero attached hydrogens (tertiary/aromatic N) is 2. The fourth-order valence-corrected chi connectivity index (χ4v) is 2.93. The quantitative estimate of drug-likeness (QED) is 0.682. The molecule has 1 atom stereocenters. The van der Waals surface area contributed by atoms with Crippen LogP contribution in [0, 0.1) is 5.92 Å². The lowest BCUT2D eigenvalue weighted by atomic mass is 10.0. The molecule has 1 aromatic heterocycles. The van der Waals surface area contributed by atoms with Gasteiger partial charge in [-0.2, -0.15) is 0 Å². The number of likely N-dealkylation sites (tertiary alicyclic amines) is 1. The maximum atomic E-state index is 12.9.